The number of methoxy groups -OCH3 is 1. The number of fused-ring (bicyclic) bond motifs is 1. The van der Waals surface area contributed by atoms with Crippen molar-refractivity contribution in [3.63, 3.8) is 0 Å². The molecular formula is C34H45O21+. The molecule has 3 fully saturated rings. The first-order chi connectivity index (χ1) is 26.1. The van der Waals surface area contributed by atoms with E-state index in [4.69, 9.17) is 33.2 Å². The molecule has 306 valence electrons. The average molecular weight is 790 g/mol. The Morgan fingerprint density at radius 3 is 1.71 bits per heavy atom. The van der Waals surface area contributed by atoms with Crippen molar-refractivity contribution in [1.82, 2.24) is 0 Å². The monoisotopic (exact) mass is 789 g/mol. The largest absolute Gasteiger partial charge is 0.571 e. The molecule has 6 rings (SSSR count). The van der Waals surface area contributed by atoms with Crippen LogP contribution in [0.25, 0.3) is 6.08 Å². The minimum Gasteiger partial charge on any atom is -0.571 e. The lowest BCUT2D eigenvalue weighted by Gasteiger charge is -2.44. The molecular weight excluding hydrogens is 744 g/mol. The molecule has 0 saturated carbocycles. The maximum Gasteiger partial charge on any atom is 0.270 e. The molecule has 21 nitrogen and oxygen atoms in total. The molecule has 16 atom stereocenters. The first kappa shape index (κ1) is 41.0. The fourth-order valence-electron chi connectivity index (χ4n) is 6.55. The van der Waals surface area contributed by atoms with E-state index in [0.717, 1.165) is 6.07 Å². The van der Waals surface area contributed by atoms with Crippen molar-refractivity contribution in [3.8, 4) is 28.7 Å². The molecule has 0 aliphatic carbocycles. The van der Waals surface area contributed by atoms with Gasteiger partial charge in [0.15, 0.2) is 29.8 Å². The minimum atomic E-state index is -1.90. The first-order valence-corrected chi connectivity index (χ1v) is 17.1. The van der Waals surface area contributed by atoms with Gasteiger partial charge in [-0.25, -0.2) is 0 Å². The third kappa shape index (κ3) is 8.27. The summed E-state index contributed by atoms with van der Waals surface area (Å²) in [5.41, 5.74) is 0.504. The molecule has 4 aliphatic rings. The number of aromatic hydroxyl groups is 4. The summed E-state index contributed by atoms with van der Waals surface area (Å²) in [6, 6.07) is 6.63. The summed E-state index contributed by atoms with van der Waals surface area (Å²) < 4.78 is 43.5. The summed E-state index contributed by atoms with van der Waals surface area (Å²) >= 11 is 0. The first-order valence-electron chi connectivity index (χ1n) is 17.1. The highest BCUT2D eigenvalue weighted by Gasteiger charge is 2.50. The van der Waals surface area contributed by atoms with Gasteiger partial charge >= 0.3 is 0 Å². The second-order valence-corrected chi connectivity index (χ2v) is 13.4. The van der Waals surface area contributed by atoms with Crippen LogP contribution in [0.1, 0.15) is 17.2 Å². The zero-order chi connectivity index (χ0) is 39.9. The number of rotatable bonds is 11. The van der Waals surface area contributed by atoms with Crippen LogP contribution in [0.2, 0.25) is 0 Å². The molecule has 4 heterocycles. The van der Waals surface area contributed by atoms with Gasteiger partial charge in [-0.3, -0.25) is 0 Å². The molecule has 0 radical (unpaired) electrons. The minimum absolute atomic E-state index is 0.0565. The molecule has 2 aromatic rings. The van der Waals surface area contributed by atoms with Crippen LogP contribution in [0.4, 0.5) is 0 Å². The Hall–Kier alpha value is -3.62. The second-order valence-electron chi connectivity index (χ2n) is 13.4. The lowest BCUT2D eigenvalue weighted by molar-refractivity contribution is -0.341. The number of phenolic OH excluding ortho intramolecular Hbond substituents is 3. The Morgan fingerprint density at radius 1 is 0.618 bits per heavy atom. The Labute approximate surface area is 311 Å². The van der Waals surface area contributed by atoms with Gasteiger partial charge in [0, 0.05) is 12.1 Å². The van der Waals surface area contributed by atoms with E-state index in [1.54, 1.807) is 0 Å². The van der Waals surface area contributed by atoms with E-state index in [-0.39, 0.29) is 40.1 Å². The highest BCUT2D eigenvalue weighted by molar-refractivity contribution is 5.69. The Morgan fingerprint density at radius 2 is 1.15 bits per heavy atom. The van der Waals surface area contributed by atoms with Crippen molar-refractivity contribution in [2.75, 3.05) is 26.9 Å². The van der Waals surface area contributed by atoms with Gasteiger partial charge in [-0.05, 0) is 18.2 Å². The number of hydrogen-bond donors (Lipinski definition) is 13. The van der Waals surface area contributed by atoms with Crippen LogP contribution < -0.4 is 4.74 Å². The highest BCUT2D eigenvalue weighted by Crippen LogP contribution is 2.46. The predicted octanol–water partition coefficient (Wildman–Crippen LogP) is -4.39. The van der Waals surface area contributed by atoms with E-state index in [1.807, 2.05) is 0 Å². The van der Waals surface area contributed by atoms with Crippen molar-refractivity contribution in [3.05, 3.63) is 47.2 Å². The molecule has 0 amide bonds. The molecule has 21 heteroatoms. The standard InChI is InChI=1S/C34H44O21/c1-48-17-4-11(2-3-14(17)37)31-18(7-13-15(38)5-12(36)6-16(13)51-31)52-34-30(47)27(44)24(41)21(55-34)10-50-33-29(46)26(43)23(40)20(54-33)9-49-32-28(45)25(42)22(39)19(8-35)53-32/h2-7,19-47H,8-10H2,1H3/p+1. The number of phenols is 3. The smallest absolute Gasteiger partial charge is 0.270 e. The summed E-state index contributed by atoms with van der Waals surface area (Å²) in [6.07, 6.45) is -25.4. The van der Waals surface area contributed by atoms with Crippen LogP contribution in [0.15, 0.2) is 36.1 Å². The summed E-state index contributed by atoms with van der Waals surface area (Å²) in [7, 11) is 1.33. The molecule has 14 N–H and O–H groups in total. The Kier molecular flexibility index (Phi) is 12.6. The normalized spacial score (nSPS) is 39.1. The summed E-state index contributed by atoms with van der Waals surface area (Å²) in [6.45, 7) is -2.05. The molecule has 0 spiro atoms. The molecule has 55 heavy (non-hydrogen) atoms. The van der Waals surface area contributed by atoms with E-state index >= 15 is 0 Å². The fraction of sp³-hybridized carbons (Fsp3) is 0.588. The maximum atomic E-state index is 10.9. The summed E-state index contributed by atoms with van der Waals surface area (Å²) in [4.78, 5) is 0. The molecule has 0 aromatic heterocycles. The van der Waals surface area contributed by atoms with Gasteiger partial charge in [0.05, 0.1) is 38.6 Å². The summed E-state index contributed by atoms with van der Waals surface area (Å²) in [5, 5.41) is 135. The fourth-order valence-corrected chi connectivity index (χ4v) is 6.55. The van der Waals surface area contributed by atoms with Crippen molar-refractivity contribution >= 4 is 6.08 Å². The van der Waals surface area contributed by atoms with Crippen LogP contribution in [0.3, 0.4) is 0 Å². The SMILES string of the molecule is COc1cc(C2[OH+]c3cc(O)cc(O)c3C=C2OC2OC(COC3OC(COC4OC(CO)C(O)C(O)C4O)C(O)C(O)C3O)C(O)C(O)C2O)ccc1O. The van der Waals surface area contributed by atoms with Gasteiger partial charge < -0.3 is 104 Å². The third-order valence-electron chi connectivity index (χ3n) is 9.75. The zero-order valence-electron chi connectivity index (χ0n) is 28.9. The van der Waals surface area contributed by atoms with Crippen LogP contribution >= 0.6 is 0 Å². The van der Waals surface area contributed by atoms with Crippen molar-refractivity contribution in [2.24, 2.45) is 0 Å². The van der Waals surface area contributed by atoms with Crippen LogP contribution in [0.5, 0.6) is 28.7 Å². The maximum absolute atomic E-state index is 10.9. The van der Waals surface area contributed by atoms with Crippen LogP contribution in [-0.2, 0) is 28.4 Å². The summed E-state index contributed by atoms with van der Waals surface area (Å²) in [5.74, 6) is -0.662. The third-order valence-corrected chi connectivity index (χ3v) is 9.75. The quantitative estimate of drug-likeness (QED) is 0.0956. The lowest BCUT2D eigenvalue weighted by Crippen LogP contribution is -2.62. The van der Waals surface area contributed by atoms with Gasteiger partial charge in [0.1, 0.15) is 90.3 Å². The molecule has 2 aromatic carbocycles. The van der Waals surface area contributed by atoms with E-state index < -0.39 is 118 Å². The van der Waals surface area contributed by atoms with E-state index in [2.05, 4.69) is 4.74 Å². The van der Waals surface area contributed by atoms with E-state index in [0.29, 0.717) is 5.56 Å². The highest BCUT2D eigenvalue weighted by atomic mass is 16.7. The number of aliphatic hydroxyl groups excluding tert-OH is 10. The van der Waals surface area contributed by atoms with E-state index in [9.17, 15) is 66.4 Å². The van der Waals surface area contributed by atoms with E-state index in [1.165, 1.54) is 37.5 Å². The second kappa shape index (κ2) is 16.9. The van der Waals surface area contributed by atoms with Crippen LogP contribution in [-0.4, -0.2) is 190 Å². The molecule has 3 saturated heterocycles. The van der Waals surface area contributed by atoms with Gasteiger partial charge in [-0.15, -0.1) is 0 Å². The van der Waals surface area contributed by atoms with Crippen LogP contribution in [0, 0.1) is 0 Å². The number of benzene rings is 2. The van der Waals surface area contributed by atoms with Gasteiger partial charge in [0.25, 0.3) is 11.9 Å². The topological polar surface area (TPSA) is 340 Å². The zero-order valence-corrected chi connectivity index (χ0v) is 28.9. The molecule has 0 bridgehead atoms. The Balaban J connectivity index is 1.16. The molecule has 16 unspecified atom stereocenters. The molecule has 4 aliphatic heterocycles. The number of hydrogen-bond acceptors (Lipinski definition) is 20. The van der Waals surface area contributed by atoms with Gasteiger partial charge in [-0.1, -0.05) is 0 Å². The number of ether oxygens (including phenoxy) is 8. The van der Waals surface area contributed by atoms with Gasteiger partial charge in [-0.2, -0.15) is 0 Å². The predicted molar refractivity (Wildman–Crippen MR) is 177 cm³/mol. The van der Waals surface area contributed by atoms with Crippen molar-refractivity contribution in [2.45, 2.75) is 98.2 Å². The van der Waals surface area contributed by atoms with Crippen molar-refractivity contribution in [1.29, 1.82) is 0 Å². The average Bonchev–Trinajstić information content (AvgIpc) is 3.16. The van der Waals surface area contributed by atoms with Crippen molar-refractivity contribution < 1.29 is 104 Å². The van der Waals surface area contributed by atoms with Gasteiger partial charge in [0.2, 0.25) is 6.29 Å². The number of aliphatic hydroxyl groups is 11. The lowest BCUT2D eigenvalue weighted by atomic mass is 9.97. The Bertz CT molecular complexity index is 1660.